The molecule has 0 bridgehead atoms. The first-order valence-corrected chi connectivity index (χ1v) is 13.3. The number of benzene rings is 3. The zero-order valence-corrected chi connectivity index (χ0v) is 21.1. The molecule has 0 aliphatic carbocycles. The maximum Gasteiger partial charge on any atom is 0.264 e. The molecule has 1 N–H and O–H groups in total. The lowest BCUT2D eigenvalue weighted by molar-refractivity contribution is 0.569. The number of rotatable bonds is 9. The van der Waals surface area contributed by atoms with Gasteiger partial charge in [0.05, 0.1) is 29.0 Å². The van der Waals surface area contributed by atoms with Gasteiger partial charge < -0.3 is 5.32 Å². The van der Waals surface area contributed by atoms with Gasteiger partial charge in [0.1, 0.15) is 17.5 Å². The number of hydrogen-bond donors (Lipinski definition) is 1. The van der Waals surface area contributed by atoms with E-state index in [1.807, 2.05) is 0 Å². The zero-order chi connectivity index (χ0) is 25.9. The summed E-state index contributed by atoms with van der Waals surface area (Å²) < 4.78 is 71.8. The van der Waals surface area contributed by atoms with Crippen LogP contribution in [0, 0.1) is 17.5 Å². The Labute approximate surface area is 213 Å². The second kappa shape index (κ2) is 10.9. The van der Waals surface area contributed by atoms with Gasteiger partial charge in [0.25, 0.3) is 10.0 Å². The molecular weight excluding hydrogens is 511 g/mol. The average Bonchev–Trinajstić information content (AvgIpc) is 3.35. The first kappa shape index (κ1) is 26.0. The number of nitrogens with zero attached hydrogens (tertiary/aromatic N) is 2. The summed E-state index contributed by atoms with van der Waals surface area (Å²) in [4.78, 5) is 4.21. The minimum atomic E-state index is -4.37. The number of sulfonamides is 1. The SMILES string of the molecule is C[C@H](c1ccc(F)cc1CCCC1=NCCN1)N(c1cc(F)ccc1F)S(=O)(=O)c1ccc(Cl)cc1. The lowest BCUT2D eigenvalue weighted by Gasteiger charge is -2.32. The summed E-state index contributed by atoms with van der Waals surface area (Å²) in [5, 5.41) is 3.51. The highest BCUT2D eigenvalue weighted by molar-refractivity contribution is 7.92. The molecule has 1 aliphatic rings. The van der Waals surface area contributed by atoms with Crippen molar-refractivity contribution in [2.75, 3.05) is 17.4 Å². The van der Waals surface area contributed by atoms with Crippen LogP contribution in [0.1, 0.15) is 36.9 Å². The highest BCUT2D eigenvalue weighted by Crippen LogP contribution is 2.37. The molecule has 0 amide bonds. The molecule has 1 aliphatic heterocycles. The van der Waals surface area contributed by atoms with E-state index in [1.165, 1.54) is 42.5 Å². The van der Waals surface area contributed by atoms with Gasteiger partial charge in [0, 0.05) is 24.1 Å². The van der Waals surface area contributed by atoms with Gasteiger partial charge >= 0.3 is 0 Å². The van der Waals surface area contributed by atoms with E-state index in [0.29, 0.717) is 42.0 Å². The van der Waals surface area contributed by atoms with E-state index in [1.54, 1.807) is 6.92 Å². The lowest BCUT2D eigenvalue weighted by Crippen LogP contribution is -2.35. The van der Waals surface area contributed by atoms with E-state index in [2.05, 4.69) is 10.3 Å². The van der Waals surface area contributed by atoms with Gasteiger partial charge in [-0.05, 0) is 79.4 Å². The molecule has 0 radical (unpaired) electrons. The standard InChI is InChI=1S/C26H25ClF3N3O2S/c1-17(23-11-7-20(28)15-18(23)3-2-4-26-31-13-14-32-26)33(25-16-21(29)8-12-24(25)30)36(34,35)22-9-5-19(27)6-10-22/h5-12,15-17H,2-4,13-14H2,1H3,(H,31,32)/t17-/m1/s1. The van der Waals surface area contributed by atoms with Crippen LogP contribution in [-0.2, 0) is 16.4 Å². The van der Waals surface area contributed by atoms with Crippen molar-refractivity contribution in [3.63, 3.8) is 0 Å². The van der Waals surface area contributed by atoms with Crippen molar-refractivity contribution in [3.05, 3.63) is 94.3 Å². The molecule has 4 rings (SSSR count). The zero-order valence-electron chi connectivity index (χ0n) is 19.5. The van der Waals surface area contributed by atoms with E-state index < -0.39 is 39.2 Å². The number of anilines is 1. The van der Waals surface area contributed by atoms with Crippen molar-refractivity contribution >= 4 is 33.1 Å². The maximum absolute atomic E-state index is 15.0. The Kier molecular flexibility index (Phi) is 7.90. The Hall–Kier alpha value is -3.04. The normalized spacial score (nSPS) is 14.3. The van der Waals surface area contributed by atoms with E-state index in [4.69, 9.17) is 11.6 Å². The molecule has 0 aromatic heterocycles. The number of amidine groups is 1. The van der Waals surface area contributed by atoms with Gasteiger partial charge in [0.2, 0.25) is 0 Å². The molecule has 0 saturated heterocycles. The highest BCUT2D eigenvalue weighted by Gasteiger charge is 2.33. The lowest BCUT2D eigenvalue weighted by atomic mass is 9.96. The number of halogens is 4. The fraction of sp³-hybridized carbons (Fsp3) is 0.269. The van der Waals surface area contributed by atoms with Crippen LogP contribution in [-0.4, -0.2) is 27.3 Å². The Morgan fingerprint density at radius 2 is 1.69 bits per heavy atom. The Morgan fingerprint density at radius 1 is 1.00 bits per heavy atom. The number of aryl methyl sites for hydroxylation is 1. The van der Waals surface area contributed by atoms with Crippen molar-refractivity contribution < 1.29 is 21.6 Å². The second-order valence-corrected chi connectivity index (χ2v) is 10.7. The average molecular weight is 536 g/mol. The van der Waals surface area contributed by atoms with Crippen molar-refractivity contribution in [2.45, 2.75) is 37.1 Å². The number of aliphatic imine (C=N–C) groups is 1. The van der Waals surface area contributed by atoms with Gasteiger partial charge in [-0.3, -0.25) is 9.30 Å². The largest absolute Gasteiger partial charge is 0.372 e. The molecule has 5 nitrogen and oxygen atoms in total. The molecular formula is C26H25ClF3N3O2S. The fourth-order valence-corrected chi connectivity index (χ4v) is 6.07. The third-order valence-corrected chi connectivity index (χ3v) is 8.18. The molecule has 190 valence electrons. The molecule has 0 unspecified atom stereocenters. The molecule has 1 atom stereocenters. The summed E-state index contributed by atoms with van der Waals surface area (Å²) in [6.45, 7) is 3.07. The highest BCUT2D eigenvalue weighted by atomic mass is 35.5. The summed E-state index contributed by atoms with van der Waals surface area (Å²) in [5.74, 6) is -1.29. The summed E-state index contributed by atoms with van der Waals surface area (Å²) in [7, 11) is -4.37. The first-order chi connectivity index (χ1) is 17.2. The third kappa shape index (κ3) is 5.68. The summed E-state index contributed by atoms with van der Waals surface area (Å²) >= 11 is 5.93. The van der Waals surface area contributed by atoms with Crippen molar-refractivity contribution in [2.24, 2.45) is 4.99 Å². The molecule has 36 heavy (non-hydrogen) atoms. The van der Waals surface area contributed by atoms with Crippen molar-refractivity contribution in [1.82, 2.24) is 5.32 Å². The minimum Gasteiger partial charge on any atom is -0.372 e. The van der Waals surface area contributed by atoms with Crippen LogP contribution < -0.4 is 9.62 Å². The number of nitrogens with one attached hydrogen (secondary N) is 1. The Bertz CT molecular complexity index is 1380. The van der Waals surface area contributed by atoms with Crippen LogP contribution in [0.2, 0.25) is 5.02 Å². The fourth-order valence-electron chi connectivity index (χ4n) is 4.31. The molecule has 0 fully saturated rings. The van der Waals surface area contributed by atoms with E-state index in [0.717, 1.165) is 34.9 Å². The van der Waals surface area contributed by atoms with Crippen LogP contribution in [0.5, 0.6) is 0 Å². The minimum absolute atomic E-state index is 0.142. The predicted octanol–water partition coefficient (Wildman–Crippen LogP) is 6.04. The monoisotopic (exact) mass is 535 g/mol. The molecule has 3 aromatic carbocycles. The molecule has 3 aromatic rings. The van der Waals surface area contributed by atoms with Gasteiger partial charge in [-0.2, -0.15) is 0 Å². The van der Waals surface area contributed by atoms with Crippen molar-refractivity contribution in [3.8, 4) is 0 Å². The second-order valence-electron chi connectivity index (χ2n) is 8.48. The molecule has 1 heterocycles. The summed E-state index contributed by atoms with van der Waals surface area (Å²) in [6, 6.07) is 11.1. The van der Waals surface area contributed by atoms with Crippen LogP contribution >= 0.6 is 11.6 Å². The van der Waals surface area contributed by atoms with Crippen LogP contribution in [0.3, 0.4) is 0 Å². The van der Waals surface area contributed by atoms with E-state index in [-0.39, 0.29) is 4.90 Å². The van der Waals surface area contributed by atoms with Crippen molar-refractivity contribution in [1.29, 1.82) is 0 Å². The van der Waals surface area contributed by atoms with Gasteiger partial charge in [-0.25, -0.2) is 21.6 Å². The van der Waals surface area contributed by atoms with E-state index in [9.17, 15) is 21.6 Å². The summed E-state index contributed by atoms with van der Waals surface area (Å²) in [6.07, 6.45) is 1.75. The smallest absolute Gasteiger partial charge is 0.264 e. The van der Waals surface area contributed by atoms with Crippen LogP contribution in [0.4, 0.5) is 18.9 Å². The maximum atomic E-state index is 15.0. The number of hydrogen-bond acceptors (Lipinski definition) is 4. The first-order valence-electron chi connectivity index (χ1n) is 11.5. The predicted molar refractivity (Wildman–Crippen MR) is 136 cm³/mol. The molecule has 0 spiro atoms. The Balaban J connectivity index is 1.77. The molecule has 10 heteroatoms. The van der Waals surface area contributed by atoms with Gasteiger partial charge in [0.15, 0.2) is 0 Å². The van der Waals surface area contributed by atoms with Gasteiger partial charge in [-0.15, -0.1) is 0 Å². The van der Waals surface area contributed by atoms with E-state index >= 15 is 0 Å². The van der Waals surface area contributed by atoms with Gasteiger partial charge in [-0.1, -0.05) is 17.7 Å². The van der Waals surface area contributed by atoms with Crippen LogP contribution in [0.15, 0.2) is 70.6 Å². The quantitative estimate of drug-likeness (QED) is 0.363. The molecule has 0 saturated carbocycles. The summed E-state index contributed by atoms with van der Waals surface area (Å²) in [5.41, 5.74) is 0.616. The van der Waals surface area contributed by atoms with Crippen LogP contribution in [0.25, 0.3) is 0 Å². The topological polar surface area (TPSA) is 61.8 Å². The Morgan fingerprint density at radius 3 is 2.39 bits per heavy atom. The third-order valence-electron chi connectivity index (χ3n) is 6.03.